The van der Waals surface area contributed by atoms with Crippen LogP contribution >= 0.6 is 0 Å². The largest absolute Gasteiger partial charge is 0.385 e. The number of ether oxygens (including phenoxy) is 1. The number of rotatable bonds is 14. The van der Waals surface area contributed by atoms with Gasteiger partial charge in [0, 0.05) is 20.1 Å². The van der Waals surface area contributed by atoms with Gasteiger partial charge in [-0.3, -0.25) is 0 Å². The van der Waals surface area contributed by atoms with Crippen LogP contribution in [0.25, 0.3) is 0 Å². The predicted molar refractivity (Wildman–Crippen MR) is 123 cm³/mol. The fraction of sp³-hybridized carbons (Fsp3) is 0.958. The Balaban J connectivity index is -0.0000000955. The van der Waals surface area contributed by atoms with Gasteiger partial charge in [0.05, 0.1) is 0 Å². The SMILES string of the molecule is CC.CC.CC.CCCCCCCCCCCC=O.CCCCCOC. The lowest BCUT2D eigenvalue weighted by Gasteiger charge is -1.99. The van der Waals surface area contributed by atoms with Crippen LogP contribution in [-0.4, -0.2) is 20.0 Å². The topological polar surface area (TPSA) is 26.3 Å². The van der Waals surface area contributed by atoms with Crippen LogP contribution in [0.4, 0.5) is 0 Å². The predicted octanol–water partition coefficient (Wildman–Crippen LogP) is 9.01. The molecule has 0 radical (unpaired) electrons. The van der Waals surface area contributed by atoms with Crippen molar-refractivity contribution >= 4 is 6.29 Å². The zero-order valence-electron chi connectivity index (χ0n) is 20.3. The van der Waals surface area contributed by atoms with Crippen molar-refractivity contribution in [1.82, 2.24) is 0 Å². The van der Waals surface area contributed by atoms with E-state index in [-0.39, 0.29) is 0 Å². The normalized spacial score (nSPS) is 8.35. The van der Waals surface area contributed by atoms with Crippen LogP contribution < -0.4 is 0 Å². The van der Waals surface area contributed by atoms with Gasteiger partial charge in [-0.1, -0.05) is 120 Å². The standard InChI is InChI=1S/C12H24O.C6H14O.3C2H6/c1-2-3-4-5-6-7-8-9-10-11-12-13;1-3-4-5-6-7-2;3*1-2/h12H,2-11H2,1H3;3-6H2,1-2H3;3*1-2H3. The third-order valence-electron chi connectivity index (χ3n) is 3.38. The van der Waals surface area contributed by atoms with Crippen molar-refractivity contribution in [3.8, 4) is 0 Å². The van der Waals surface area contributed by atoms with Gasteiger partial charge in [0.2, 0.25) is 0 Å². The molecule has 0 aliphatic carbocycles. The summed E-state index contributed by atoms with van der Waals surface area (Å²) in [6.45, 7) is 17.4. The molecule has 0 unspecified atom stereocenters. The number of hydrogen-bond acceptors (Lipinski definition) is 2. The van der Waals surface area contributed by atoms with Gasteiger partial charge in [0.15, 0.2) is 0 Å². The summed E-state index contributed by atoms with van der Waals surface area (Å²) in [5.41, 5.74) is 0. The summed E-state index contributed by atoms with van der Waals surface area (Å²) >= 11 is 0. The van der Waals surface area contributed by atoms with Gasteiger partial charge in [-0.15, -0.1) is 0 Å². The molecule has 0 aliphatic rings. The number of methoxy groups -OCH3 is 1. The van der Waals surface area contributed by atoms with E-state index in [1.165, 1.54) is 70.6 Å². The summed E-state index contributed by atoms with van der Waals surface area (Å²) in [5, 5.41) is 0. The lowest BCUT2D eigenvalue weighted by atomic mass is 10.1. The number of carbonyl (C=O) groups excluding carboxylic acids is 1. The first-order valence-corrected chi connectivity index (χ1v) is 11.8. The van der Waals surface area contributed by atoms with E-state index in [1.807, 2.05) is 41.5 Å². The lowest BCUT2D eigenvalue weighted by molar-refractivity contribution is -0.107. The van der Waals surface area contributed by atoms with Crippen molar-refractivity contribution in [2.75, 3.05) is 13.7 Å². The van der Waals surface area contributed by atoms with Gasteiger partial charge in [-0.25, -0.2) is 0 Å². The zero-order chi connectivity index (χ0) is 21.3. The molecule has 0 atom stereocenters. The molecular weight excluding hydrogens is 320 g/mol. The molecule has 0 aliphatic heterocycles. The van der Waals surface area contributed by atoms with Crippen LogP contribution in [0.15, 0.2) is 0 Å². The van der Waals surface area contributed by atoms with E-state index >= 15 is 0 Å². The van der Waals surface area contributed by atoms with Crippen molar-refractivity contribution < 1.29 is 9.53 Å². The molecule has 0 spiro atoms. The van der Waals surface area contributed by atoms with Crippen molar-refractivity contribution in [1.29, 1.82) is 0 Å². The molecule has 26 heavy (non-hydrogen) atoms. The third-order valence-corrected chi connectivity index (χ3v) is 3.38. The van der Waals surface area contributed by atoms with E-state index in [0.717, 1.165) is 25.7 Å². The first-order valence-electron chi connectivity index (χ1n) is 11.8. The van der Waals surface area contributed by atoms with Gasteiger partial charge in [0.25, 0.3) is 0 Å². The highest BCUT2D eigenvalue weighted by Crippen LogP contribution is 2.09. The molecule has 0 fully saturated rings. The minimum absolute atomic E-state index is 0.760. The molecule has 164 valence electrons. The third kappa shape index (κ3) is 65.1. The van der Waals surface area contributed by atoms with E-state index in [4.69, 9.17) is 4.74 Å². The highest BCUT2D eigenvalue weighted by Gasteiger charge is 1.91. The lowest BCUT2D eigenvalue weighted by Crippen LogP contribution is -1.85. The second-order valence-corrected chi connectivity index (χ2v) is 5.48. The maximum Gasteiger partial charge on any atom is 0.119 e. The fourth-order valence-electron chi connectivity index (χ4n) is 2.03. The minimum atomic E-state index is 0.760. The van der Waals surface area contributed by atoms with Crippen LogP contribution in [0.1, 0.15) is 139 Å². The zero-order valence-corrected chi connectivity index (χ0v) is 20.3. The van der Waals surface area contributed by atoms with Crippen LogP contribution in [0.5, 0.6) is 0 Å². The van der Waals surface area contributed by atoms with E-state index in [0.29, 0.717) is 0 Å². The molecule has 0 N–H and O–H groups in total. The van der Waals surface area contributed by atoms with Crippen LogP contribution in [-0.2, 0) is 9.53 Å². The van der Waals surface area contributed by atoms with Crippen molar-refractivity contribution in [2.45, 2.75) is 139 Å². The Hall–Kier alpha value is -0.370. The van der Waals surface area contributed by atoms with E-state index in [9.17, 15) is 4.79 Å². The number of hydrogen-bond donors (Lipinski definition) is 0. The number of carbonyl (C=O) groups is 1. The van der Waals surface area contributed by atoms with Crippen molar-refractivity contribution in [3.05, 3.63) is 0 Å². The van der Waals surface area contributed by atoms with Gasteiger partial charge < -0.3 is 9.53 Å². The highest BCUT2D eigenvalue weighted by atomic mass is 16.5. The molecule has 0 rings (SSSR count). The van der Waals surface area contributed by atoms with E-state index in [2.05, 4.69) is 13.8 Å². The van der Waals surface area contributed by atoms with Crippen LogP contribution in [0.2, 0.25) is 0 Å². The summed E-state index contributed by atoms with van der Waals surface area (Å²) in [7, 11) is 1.75. The molecule has 2 heteroatoms. The number of aldehydes is 1. The van der Waals surface area contributed by atoms with Gasteiger partial charge in [-0.2, -0.15) is 0 Å². The molecule has 0 aromatic heterocycles. The quantitative estimate of drug-likeness (QED) is 0.223. The Kier molecular flexibility index (Phi) is 79.1. The van der Waals surface area contributed by atoms with Gasteiger partial charge in [0.1, 0.15) is 6.29 Å². The summed E-state index contributed by atoms with van der Waals surface area (Å²) in [6, 6.07) is 0. The summed E-state index contributed by atoms with van der Waals surface area (Å²) < 4.78 is 4.84. The van der Waals surface area contributed by atoms with Crippen LogP contribution in [0.3, 0.4) is 0 Å². The molecule has 0 aromatic carbocycles. The average Bonchev–Trinajstić information content (AvgIpc) is 2.72. The van der Waals surface area contributed by atoms with Gasteiger partial charge >= 0.3 is 0 Å². The second kappa shape index (κ2) is 56.3. The monoisotopic (exact) mass is 376 g/mol. The molecular formula is C24H56O2. The molecule has 0 saturated heterocycles. The molecule has 2 nitrogen and oxygen atoms in total. The fourth-order valence-corrected chi connectivity index (χ4v) is 2.03. The smallest absolute Gasteiger partial charge is 0.119 e. The molecule has 0 aromatic rings. The van der Waals surface area contributed by atoms with Crippen molar-refractivity contribution in [2.24, 2.45) is 0 Å². The van der Waals surface area contributed by atoms with E-state index < -0.39 is 0 Å². The van der Waals surface area contributed by atoms with Crippen LogP contribution in [0, 0.1) is 0 Å². The van der Waals surface area contributed by atoms with Crippen molar-refractivity contribution in [3.63, 3.8) is 0 Å². The first kappa shape index (κ1) is 36.5. The Bertz CT molecular complexity index is 154. The Labute approximate surface area is 168 Å². The Morgan fingerprint density at radius 2 is 0.923 bits per heavy atom. The summed E-state index contributed by atoms with van der Waals surface area (Å²) in [5.74, 6) is 0. The molecule has 0 heterocycles. The summed E-state index contributed by atoms with van der Waals surface area (Å²) in [4.78, 5) is 10.0. The molecule has 0 amide bonds. The molecule has 0 saturated carbocycles. The Morgan fingerprint density at radius 3 is 1.27 bits per heavy atom. The average molecular weight is 377 g/mol. The maximum atomic E-state index is 10.0. The first-order chi connectivity index (χ1) is 12.8. The van der Waals surface area contributed by atoms with E-state index in [1.54, 1.807) is 7.11 Å². The highest BCUT2D eigenvalue weighted by molar-refractivity contribution is 5.48. The second-order valence-electron chi connectivity index (χ2n) is 5.48. The number of unbranched alkanes of at least 4 members (excludes halogenated alkanes) is 11. The summed E-state index contributed by atoms with van der Waals surface area (Å²) in [6.07, 6.45) is 17.5. The Morgan fingerprint density at radius 1 is 0.577 bits per heavy atom. The van der Waals surface area contributed by atoms with Gasteiger partial charge in [-0.05, 0) is 12.8 Å². The maximum absolute atomic E-state index is 10.0. The minimum Gasteiger partial charge on any atom is -0.385 e. The molecule has 0 bridgehead atoms.